The maximum absolute atomic E-state index is 13.4. The van der Waals surface area contributed by atoms with Gasteiger partial charge in [-0.3, -0.25) is 13.8 Å². The number of hydrogen-bond acceptors (Lipinski definition) is 6. The van der Waals surface area contributed by atoms with Crippen LogP contribution in [0.25, 0.3) is 27.3 Å². The number of aromatic nitrogens is 5. The van der Waals surface area contributed by atoms with Crippen LogP contribution in [0.15, 0.2) is 94.2 Å². The van der Waals surface area contributed by atoms with E-state index in [4.69, 9.17) is 4.98 Å². The van der Waals surface area contributed by atoms with Gasteiger partial charge in [0.05, 0.1) is 23.1 Å². The fourth-order valence-electron chi connectivity index (χ4n) is 4.08. The third-order valence-corrected chi connectivity index (χ3v) is 7.76. The van der Waals surface area contributed by atoms with E-state index in [9.17, 15) is 4.79 Å². The number of para-hydroxylation sites is 1. The summed E-state index contributed by atoms with van der Waals surface area (Å²) in [6.07, 6.45) is 0. The van der Waals surface area contributed by atoms with Crippen molar-refractivity contribution in [1.82, 2.24) is 24.1 Å². The maximum atomic E-state index is 13.4. The molecule has 0 unspecified atom stereocenters. The van der Waals surface area contributed by atoms with Gasteiger partial charge in [-0.25, -0.2) is 4.98 Å². The molecule has 3 heterocycles. The lowest BCUT2D eigenvalue weighted by Gasteiger charge is -2.11. The predicted octanol–water partition coefficient (Wildman–Crippen LogP) is 5.82. The van der Waals surface area contributed by atoms with Crippen LogP contribution < -0.4 is 5.56 Å². The third kappa shape index (κ3) is 4.15. The molecule has 0 fully saturated rings. The lowest BCUT2D eigenvalue weighted by atomic mass is 10.2. The smallest absolute Gasteiger partial charge is 0.263 e. The molecule has 0 spiro atoms. The molecule has 3 aromatic heterocycles. The molecule has 6 aromatic rings. The van der Waals surface area contributed by atoms with Crippen molar-refractivity contribution < 1.29 is 0 Å². The fourth-order valence-corrected chi connectivity index (χ4v) is 5.84. The lowest BCUT2D eigenvalue weighted by Crippen LogP contribution is -2.24. The van der Waals surface area contributed by atoms with Crippen molar-refractivity contribution in [2.45, 2.75) is 24.4 Å². The van der Waals surface area contributed by atoms with E-state index in [1.165, 1.54) is 5.56 Å². The zero-order chi connectivity index (χ0) is 23.8. The Morgan fingerprint density at radius 3 is 2.51 bits per heavy atom. The highest BCUT2D eigenvalue weighted by Crippen LogP contribution is 2.29. The van der Waals surface area contributed by atoms with Crippen molar-refractivity contribution in [3.63, 3.8) is 0 Å². The minimum Gasteiger partial charge on any atom is -0.272 e. The summed E-state index contributed by atoms with van der Waals surface area (Å²) in [5.41, 5.74) is 5.13. The van der Waals surface area contributed by atoms with Gasteiger partial charge in [0.1, 0.15) is 5.01 Å². The van der Waals surface area contributed by atoms with Gasteiger partial charge < -0.3 is 0 Å². The predicted molar refractivity (Wildman–Crippen MR) is 142 cm³/mol. The van der Waals surface area contributed by atoms with Crippen LogP contribution in [0.4, 0.5) is 0 Å². The van der Waals surface area contributed by atoms with Crippen LogP contribution in [0.3, 0.4) is 0 Å². The molecule has 0 amide bonds. The molecule has 0 saturated heterocycles. The number of nitrogens with zero attached hydrogens (tertiary/aromatic N) is 5. The Balaban J connectivity index is 1.36. The standard InChI is InChI=1S/C27H21N5OS2/c1-18-11-13-20(14-12-18)24-28-21(16-34-24)17-35-27-30-29-26-31(15-19-7-3-2-4-8-19)25(33)22-9-5-6-10-23(22)32(26)27/h2-14,16H,15,17H2,1H3. The first-order valence-corrected chi connectivity index (χ1v) is 13.1. The molecule has 0 radical (unpaired) electrons. The zero-order valence-corrected chi connectivity index (χ0v) is 20.6. The van der Waals surface area contributed by atoms with Gasteiger partial charge in [0, 0.05) is 16.7 Å². The Labute approximate surface area is 209 Å². The van der Waals surface area contributed by atoms with Crippen molar-refractivity contribution >= 4 is 39.8 Å². The Morgan fingerprint density at radius 2 is 1.69 bits per heavy atom. The van der Waals surface area contributed by atoms with Gasteiger partial charge in [0.25, 0.3) is 5.56 Å². The highest BCUT2D eigenvalue weighted by molar-refractivity contribution is 7.98. The second-order valence-corrected chi connectivity index (χ2v) is 10.1. The van der Waals surface area contributed by atoms with Crippen LogP contribution in [0.1, 0.15) is 16.8 Å². The molecule has 6 rings (SSSR count). The first-order chi connectivity index (χ1) is 17.2. The van der Waals surface area contributed by atoms with Gasteiger partial charge in [0.2, 0.25) is 5.78 Å². The largest absolute Gasteiger partial charge is 0.272 e. The van der Waals surface area contributed by atoms with Crippen LogP contribution in [-0.2, 0) is 12.3 Å². The second kappa shape index (κ2) is 9.13. The number of aryl methyl sites for hydroxylation is 1. The molecule has 8 heteroatoms. The van der Waals surface area contributed by atoms with Crippen LogP contribution in [-0.4, -0.2) is 24.1 Å². The summed E-state index contributed by atoms with van der Waals surface area (Å²) >= 11 is 3.22. The number of hydrogen-bond donors (Lipinski definition) is 0. The van der Waals surface area contributed by atoms with Crippen molar-refractivity contribution in [3.8, 4) is 10.6 Å². The Kier molecular flexibility index (Phi) is 5.67. The summed E-state index contributed by atoms with van der Waals surface area (Å²) in [4.78, 5) is 18.2. The molecule has 0 bridgehead atoms. The monoisotopic (exact) mass is 495 g/mol. The molecule has 6 nitrogen and oxygen atoms in total. The number of thiazole rings is 1. The molecule has 0 atom stereocenters. The molecule has 0 aliphatic rings. The zero-order valence-electron chi connectivity index (χ0n) is 19.0. The van der Waals surface area contributed by atoms with Gasteiger partial charge >= 0.3 is 0 Å². The molecule has 35 heavy (non-hydrogen) atoms. The molecular formula is C27H21N5OS2. The first kappa shape index (κ1) is 21.8. The van der Waals surface area contributed by atoms with E-state index in [1.807, 2.05) is 59.0 Å². The Hall–Kier alpha value is -3.75. The van der Waals surface area contributed by atoms with Gasteiger partial charge in [-0.05, 0) is 24.6 Å². The van der Waals surface area contributed by atoms with E-state index in [0.29, 0.717) is 23.5 Å². The summed E-state index contributed by atoms with van der Waals surface area (Å²) < 4.78 is 3.69. The van der Waals surface area contributed by atoms with E-state index in [0.717, 1.165) is 32.5 Å². The quantitative estimate of drug-likeness (QED) is 0.273. The summed E-state index contributed by atoms with van der Waals surface area (Å²) in [7, 11) is 0. The summed E-state index contributed by atoms with van der Waals surface area (Å²) in [6, 6.07) is 26.0. The van der Waals surface area contributed by atoms with Crippen molar-refractivity contribution in [1.29, 1.82) is 0 Å². The lowest BCUT2D eigenvalue weighted by molar-refractivity contribution is 0.764. The molecule has 0 saturated carbocycles. The van der Waals surface area contributed by atoms with Crippen molar-refractivity contribution in [2.24, 2.45) is 0 Å². The van der Waals surface area contributed by atoms with Crippen LogP contribution in [0, 0.1) is 6.92 Å². The molecule has 0 aliphatic carbocycles. The minimum absolute atomic E-state index is 0.0665. The average molecular weight is 496 g/mol. The number of fused-ring (bicyclic) bond motifs is 3. The van der Waals surface area contributed by atoms with Gasteiger partial charge in [-0.1, -0.05) is 84.1 Å². The topological polar surface area (TPSA) is 65.1 Å². The van der Waals surface area contributed by atoms with Crippen LogP contribution >= 0.6 is 23.1 Å². The van der Waals surface area contributed by atoms with Crippen molar-refractivity contribution in [3.05, 3.63) is 111 Å². The van der Waals surface area contributed by atoms with Gasteiger partial charge in [-0.15, -0.1) is 21.5 Å². The average Bonchev–Trinajstić information content (AvgIpc) is 3.54. The molecule has 0 aliphatic heterocycles. The summed E-state index contributed by atoms with van der Waals surface area (Å²) in [6.45, 7) is 2.52. The maximum Gasteiger partial charge on any atom is 0.263 e. The molecular weight excluding hydrogens is 474 g/mol. The van der Waals surface area contributed by atoms with E-state index in [2.05, 4.69) is 46.8 Å². The minimum atomic E-state index is -0.0665. The molecule has 172 valence electrons. The van der Waals surface area contributed by atoms with Crippen LogP contribution in [0.2, 0.25) is 0 Å². The van der Waals surface area contributed by atoms with E-state index in [-0.39, 0.29) is 5.56 Å². The highest BCUT2D eigenvalue weighted by Gasteiger charge is 2.17. The normalized spacial score (nSPS) is 11.5. The Morgan fingerprint density at radius 1 is 0.914 bits per heavy atom. The fraction of sp³-hybridized carbons (Fsp3) is 0.111. The number of benzene rings is 3. The van der Waals surface area contributed by atoms with E-state index in [1.54, 1.807) is 27.7 Å². The van der Waals surface area contributed by atoms with Crippen molar-refractivity contribution in [2.75, 3.05) is 0 Å². The number of thioether (sulfide) groups is 1. The van der Waals surface area contributed by atoms with E-state index >= 15 is 0 Å². The summed E-state index contributed by atoms with van der Waals surface area (Å²) in [5, 5.41) is 13.4. The second-order valence-electron chi connectivity index (χ2n) is 8.31. The highest BCUT2D eigenvalue weighted by atomic mass is 32.2. The number of rotatable bonds is 6. The third-order valence-electron chi connectivity index (χ3n) is 5.86. The van der Waals surface area contributed by atoms with E-state index < -0.39 is 0 Å². The summed E-state index contributed by atoms with van der Waals surface area (Å²) in [5.74, 6) is 1.20. The SMILES string of the molecule is Cc1ccc(-c2nc(CSc3nnc4n(Cc5ccccc5)c(=O)c5ccccc5n34)cs2)cc1. The first-order valence-electron chi connectivity index (χ1n) is 11.2. The van der Waals surface area contributed by atoms with Crippen LogP contribution in [0.5, 0.6) is 0 Å². The molecule has 0 N–H and O–H groups in total. The Bertz CT molecular complexity index is 1700. The van der Waals surface area contributed by atoms with Gasteiger partial charge in [-0.2, -0.15) is 0 Å². The van der Waals surface area contributed by atoms with Gasteiger partial charge in [0.15, 0.2) is 5.16 Å². The molecule has 3 aromatic carbocycles.